The van der Waals surface area contributed by atoms with Gasteiger partial charge in [-0.3, -0.25) is 0 Å². The van der Waals surface area contributed by atoms with Crippen LogP contribution in [0.1, 0.15) is 108 Å². The number of aryl methyl sites for hydroxylation is 1. The summed E-state index contributed by atoms with van der Waals surface area (Å²) in [7, 11) is 2.24. The minimum Gasteiger partial charge on any atom is -0.387 e. The second-order valence-electron chi connectivity index (χ2n) is 13.0. The third kappa shape index (κ3) is 7.92. The zero-order chi connectivity index (χ0) is 31.0. The van der Waals surface area contributed by atoms with E-state index >= 15 is 0 Å². The molecule has 3 nitrogen and oxygen atoms in total. The molecule has 2 aliphatic heterocycles. The molecule has 2 saturated carbocycles. The Hall–Kier alpha value is -3.04. The van der Waals surface area contributed by atoms with Gasteiger partial charge in [-0.1, -0.05) is 131 Å². The lowest BCUT2D eigenvalue weighted by Gasteiger charge is -2.56. The maximum Gasteiger partial charge on any atom is 0.0485 e. The number of nitrogens with zero attached hydrogens (tertiary/aromatic N) is 1. The van der Waals surface area contributed by atoms with Crippen molar-refractivity contribution in [1.82, 2.24) is 15.5 Å². The van der Waals surface area contributed by atoms with E-state index in [0.717, 1.165) is 18.2 Å². The van der Waals surface area contributed by atoms with E-state index < -0.39 is 0 Å². The Morgan fingerprint density at radius 1 is 0.953 bits per heavy atom. The second kappa shape index (κ2) is 15.1. The van der Waals surface area contributed by atoms with Gasteiger partial charge in [0.2, 0.25) is 0 Å². The van der Waals surface area contributed by atoms with Crippen LogP contribution in [-0.2, 0) is 0 Å². The minimum absolute atomic E-state index is 0.189. The molecule has 6 rings (SSSR count). The molecule has 2 aliphatic carbocycles. The van der Waals surface area contributed by atoms with E-state index in [2.05, 4.69) is 104 Å². The van der Waals surface area contributed by atoms with Crippen molar-refractivity contribution in [2.45, 2.75) is 92.5 Å². The Balaban J connectivity index is 0.00000102. The van der Waals surface area contributed by atoms with Crippen LogP contribution in [0, 0.1) is 18.3 Å². The first-order chi connectivity index (χ1) is 20.9. The molecule has 0 unspecified atom stereocenters. The molecule has 0 bridgehead atoms. The van der Waals surface area contributed by atoms with E-state index in [-0.39, 0.29) is 6.04 Å². The fraction of sp³-hybridized carbons (Fsp3) is 0.500. The summed E-state index contributed by atoms with van der Waals surface area (Å²) in [5, 5.41) is 7.17. The summed E-state index contributed by atoms with van der Waals surface area (Å²) in [6.45, 7) is 20.3. The number of rotatable bonds is 8. The average Bonchev–Trinajstić information content (AvgIpc) is 3.52. The number of hydrogen-bond acceptors (Lipinski definition) is 3. The molecular formula is C40H57N3. The van der Waals surface area contributed by atoms with Gasteiger partial charge in [-0.2, -0.15) is 0 Å². The quantitative estimate of drug-likeness (QED) is 0.326. The van der Waals surface area contributed by atoms with Crippen molar-refractivity contribution >= 4 is 5.57 Å². The molecule has 1 atom stereocenters. The van der Waals surface area contributed by atoms with E-state index in [1.807, 2.05) is 27.7 Å². The van der Waals surface area contributed by atoms with Gasteiger partial charge >= 0.3 is 0 Å². The van der Waals surface area contributed by atoms with E-state index in [9.17, 15) is 0 Å². The van der Waals surface area contributed by atoms with Crippen LogP contribution < -0.4 is 10.6 Å². The lowest BCUT2D eigenvalue weighted by atomic mass is 9.59. The Morgan fingerprint density at radius 3 is 2.12 bits per heavy atom. The maximum atomic E-state index is 4.40. The molecule has 232 valence electrons. The highest BCUT2D eigenvalue weighted by molar-refractivity contribution is 5.83. The Kier molecular flexibility index (Phi) is 11.5. The van der Waals surface area contributed by atoms with Gasteiger partial charge in [0.1, 0.15) is 0 Å². The van der Waals surface area contributed by atoms with Crippen LogP contribution in [0.3, 0.4) is 0 Å². The van der Waals surface area contributed by atoms with E-state index in [4.69, 9.17) is 0 Å². The predicted octanol–water partition coefficient (Wildman–Crippen LogP) is 9.73. The fourth-order valence-corrected chi connectivity index (χ4v) is 7.51. The van der Waals surface area contributed by atoms with Crippen LogP contribution in [0.5, 0.6) is 0 Å². The highest BCUT2D eigenvalue weighted by Crippen LogP contribution is 2.54. The summed E-state index contributed by atoms with van der Waals surface area (Å²) in [4.78, 5) is 2.45. The summed E-state index contributed by atoms with van der Waals surface area (Å²) in [6, 6.07) is 18.6. The summed E-state index contributed by atoms with van der Waals surface area (Å²) < 4.78 is 0. The van der Waals surface area contributed by atoms with E-state index in [1.54, 1.807) is 5.57 Å². The fourth-order valence-electron chi connectivity index (χ4n) is 7.51. The molecule has 4 aliphatic rings. The lowest BCUT2D eigenvalue weighted by molar-refractivity contribution is -0.0106. The van der Waals surface area contributed by atoms with Crippen LogP contribution in [0.25, 0.3) is 5.57 Å². The maximum absolute atomic E-state index is 4.40. The standard InChI is InChI=1S/C36H45N3.2C2H6/c1-25-9-11-31(12-10-25)35(34-19-36(20-34)23-39(4)24-36)32-15-13-30(14-16-32)26(2)38-27(3)33-18-29(21-37-22-33)17-28-7-5-6-8-28;2*1-2/h9-16,18,22,26,28,37-38H,3,5-8,17,19-21,23-24H2,1-2,4H3;2*1-2H3/t26-;;/m1../s1. The highest BCUT2D eigenvalue weighted by atomic mass is 15.2. The normalized spacial score (nSPS) is 19.7. The smallest absolute Gasteiger partial charge is 0.0485 e. The van der Waals surface area contributed by atoms with Crippen LogP contribution in [0.4, 0.5) is 0 Å². The molecule has 43 heavy (non-hydrogen) atoms. The number of hydrogen-bond donors (Lipinski definition) is 2. The highest BCUT2D eigenvalue weighted by Gasteiger charge is 2.49. The van der Waals surface area contributed by atoms with Crippen LogP contribution in [0.15, 0.2) is 89.8 Å². The molecule has 0 radical (unpaired) electrons. The van der Waals surface area contributed by atoms with E-state index in [1.165, 1.54) is 97.0 Å². The summed E-state index contributed by atoms with van der Waals surface area (Å²) in [5.41, 5.74) is 12.6. The van der Waals surface area contributed by atoms with Gasteiger partial charge < -0.3 is 15.5 Å². The van der Waals surface area contributed by atoms with Gasteiger partial charge in [-0.15, -0.1) is 0 Å². The average molecular weight is 580 g/mol. The van der Waals surface area contributed by atoms with Gasteiger partial charge in [0.05, 0.1) is 0 Å². The molecule has 0 aromatic heterocycles. The second-order valence-corrected chi connectivity index (χ2v) is 13.0. The first-order valence-electron chi connectivity index (χ1n) is 17.0. The topological polar surface area (TPSA) is 27.3 Å². The van der Waals surface area contributed by atoms with Crippen molar-refractivity contribution < 1.29 is 0 Å². The van der Waals surface area contributed by atoms with Crippen LogP contribution in [0.2, 0.25) is 0 Å². The Morgan fingerprint density at radius 2 is 1.53 bits per heavy atom. The van der Waals surface area contributed by atoms with Gasteiger partial charge in [0, 0.05) is 48.6 Å². The number of allylic oxidation sites excluding steroid dienone is 2. The summed E-state index contributed by atoms with van der Waals surface area (Å²) in [5.74, 6) is 0.872. The lowest BCUT2D eigenvalue weighted by Crippen LogP contribution is -2.58. The van der Waals surface area contributed by atoms with Crippen LogP contribution in [-0.4, -0.2) is 31.6 Å². The SMILES string of the molecule is C=C(N[C@H](C)c1ccc(C(=C2CC3(C2)CN(C)C3)c2ccc(C)cc2)cc1)C1=CNCC(CC2CCCC2)=C1.CC.CC. The molecule has 1 spiro atoms. The van der Waals surface area contributed by atoms with E-state index in [0.29, 0.717) is 5.41 Å². The van der Waals surface area contributed by atoms with Crippen molar-refractivity contribution in [2.24, 2.45) is 11.3 Å². The zero-order valence-corrected chi connectivity index (χ0v) is 28.2. The Bertz CT molecular complexity index is 1290. The summed E-state index contributed by atoms with van der Waals surface area (Å²) >= 11 is 0. The van der Waals surface area contributed by atoms with Crippen molar-refractivity contribution in [3.63, 3.8) is 0 Å². The molecule has 3 fully saturated rings. The third-order valence-corrected chi connectivity index (χ3v) is 9.49. The number of nitrogens with one attached hydrogen (secondary N) is 2. The molecule has 2 heterocycles. The monoisotopic (exact) mass is 579 g/mol. The van der Waals surface area contributed by atoms with Gasteiger partial charge in [0.25, 0.3) is 0 Å². The predicted molar refractivity (Wildman–Crippen MR) is 187 cm³/mol. The van der Waals surface area contributed by atoms with Crippen molar-refractivity contribution in [3.05, 3.63) is 112 Å². The van der Waals surface area contributed by atoms with Crippen molar-refractivity contribution in [1.29, 1.82) is 0 Å². The minimum atomic E-state index is 0.189. The number of benzene rings is 2. The molecule has 0 amide bonds. The number of likely N-dealkylation sites (tertiary alicyclic amines) is 1. The van der Waals surface area contributed by atoms with Crippen LogP contribution >= 0.6 is 0 Å². The molecule has 2 aromatic rings. The first-order valence-corrected chi connectivity index (χ1v) is 17.0. The first kappa shape index (κ1) is 32.9. The Labute approximate surface area is 263 Å². The van der Waals surface area contributed by atoms with Crippen molar-refractivity contribution in [2.75, 3.05) is 26.7 Å². The van der Waals surface area contributed by atoms with Gasteiger partial charge in [-0.05, 0) is 68.3 Å². The van der Waals surface area contributed by atoms with Gasteiger partial charge in [-0.25, -0.2) is 0 Å². The summed E-state index contributed by atoms with van der Waals surface area (Å²) in [6.07, 6.45) is 13.8. The van der Waals surface area contributed by atoms with Gasteiger partial charge in [0.15, 0.2) is 0 Å². The molecule has 2 N–H and O–H groups in total. The zero-order valence-electron chi connectivity index (χ0n) is 28.2. The molecule has 1 saturated heterocycles. The third-order valence-electron chi connectivity index (χ3n) is 9.49. The molecule has 2 aromatic carbocycles. The number of dihydropyridines is 1. The molecule has 3 heteroatoms. The largest absolute Gasteiger partial charge is 0.387 e. The van der Waals surface area contributed by atoms with Crippen molar-refractivity contribution in [3.8, 4) is 0 Å². The molecular weight excluding hydrogens is 522 g/mol.